The molecule has 0 unspecified atom stereocenters. The van der Waals surface area contributed by atoms with Crippen molar-refractivity contribution in [2.24, 2.45) is 4.66 Å². The lowest BCUT2D eigenvalue weighted by molar-refractivity contribution is 0.200. The molecule has 0 radical (unpaired) electrons. The Hall–Kier alpha value is -0.163. The molecule has 0 aliphatic carbocycles. The lowest BCUT2D eigenvalue weighted by Crippen LogP contribution is -2.24. The summed E-state index contributed by atoms with van der Waals surface area (Å²) in [6.45, 7) is 13.8. The smallest absolute Gasteiger partial charge is 0.339 e. The molecule has 0 rings (SSSR count). The van der Waals surface area contributed by atoms with Gasteiger partial charge in [0.25, 0.3) is 0 Å². The first kappa shape index (κ1) is 21.8. The van der Waals surface area contributed by atoms with Crippen LogP contribution in [-0.2, 0) is 18.3 Å². The number of rotatable bonds is 12. The molecule has 5 nitrogen and oxygen atoms in total. The van der Waals surface area contributed by atoms with Gasteiger partial charge in [0.05, 0.1) is 19.8 Å². The molecule has 0 bridgehead atoms. The summed E-state index contributed by atoms with van der Waals surface area (Å²) in [6, 6.07) is 0. The fraction of sp³-hybridized carbons (Fsp3) is 0.933. The van der Waals surface area contributed by atoms with Crippen molar-refractivity contribution in [2.75, 3.05) is 26.0 Å². The molecule has 7 heteroatoms. The summed E-state index contributed by atoms with van der Waals surface area (Å²) in [5.41, 5.74) is 0. The molecule has 0 saturated carbocycles. The molecular formula is C15H34NO4PSi. The van der Waals surface area contributed by atoms with Gasteiger partial charge in [-0.3, -0.25) is 9.22 Å². The third kappa shape index (κ3) is 11.4. The van der Waals surface area contributed by atoms with Gasteiger partial charge in [-0.1, -0.05) is 26.7 Å². The quantitative estimate of drug-likeness (QED) is 0.162. The summed E-state index contributed by atoms with van der Waals surface area (Å²) < 4.78 is 34.4. The van der Waals surface area contributed by atoms with Crippen LogP contribution in [0.2, 0.25) is 19.6 Å². The van der Waals surface area contributed by atoms with Gasteiger partial charge >= 0.3 is 7.60 Å². The Kier molecular flexibility index (Phi) is 11.3. The second kappa shape index (κ2) is 11.4. The minimum atomic E-state index is -3.18. The van der Waals surface area contributed by atoms with E-state index in [1.165, 1.54) is 0 Å². The van der Waals surface area contributed by atoms with Crippen LogP contribution in [0.25, 0.3) is 0 Å². The predicted octanol–water partition coefficient (Wildman–Crippen LogP) is 5.08. The van der Waals surface area contributed by atoms with Gasteiger partial charge in [0.1, 0.15) is 6.16 Å². The molecule has 0 atom stereocenters. The van der Waals surface area contributed by atoms with Crippen LogP contribution < -0.4 is 0 Å². The maximum atomic E-state index is 12.9. The average molecular weight is 352 g/mol. The molecule has 0 aromatic carbocycles. The summed E-state index contributed by atoms with van der Waals surface area (Å²) in [5.74, 6) is 0.512. The van der Waals surface area contributed by atoms with Crippen LogP contribution in [0.1, 0.15) is 46.5 Å². The van der Waals surface area contributed by atoms with E-state index in [9.17, 15) is 4.57 Å². The molecule has 0 spiro atoms. The van der Waals surface area contributed by atoms with Crippen molar-refractivity contribution in [1.82, 2.24) is 0 Å². The van der Waals surface area contributed by atoms with Gasteiger partial charge in [-0.25, -0.2) is 0 Å². The van der Waals surface area contributed by atoms with Gasteiger partial charge in [0.2, 0.25) is 0 Å². The summed E-state index contributed by atoms with van der Waals surface area (Å²) in [5, 5.41) is 0. The molecule has 132 valence electrons. The third-order valence-corrected chi connectivity index (χ3v) is 5.40. The lowest BCUT2D eigenvalue weighted by atomic mass is 10.4. The van der Waals surface area contributed by atoms with Crippen LogP contribution in [0.15, 0.2) is 4.66 Å². The highest BCUT2D eigenvalue weighted by Crippen LogP contribution is 2.48. The van der Waals surface area contributed by atoms with Crippen LogP contribution in [0.5, 0.6) is 0 Å². The Bertz CT molecular complexity index is 355. The van der Waals surface area contributed by atoms with Gasteiger partial charge in [-0.15, -0.1) is 0 Å². The van der Waals surface area contributed by atoms with Gasteiger partial charge in [-0.2, -0.15) is 0 Å². The molecule has 0 saturated heterocycles. The van der Waals surface area contributed by atoms with E-state index in [0.717, 1.165) is 25.7 Å². The first-order chi connectivity index (χ1) is 10.3. The predicted molar refractivity (Wildman–Crippen MR) is 96.6 cm³/mol. The van der Waals surface area contributed by atoms with Crippen molar-refractivity contribution in [1.29, 1.82) is 0 Å². The van der Waals surface area contributed by atoms with Crippen LogP contribution in [0.4, 0.5) is 0 Å². The van der Waals surface area contributed by atoms with E-state index in [0.29, 0.717) is 25.7 Å². The van der Waals surface area contributed by atoms with Crippen molar-refractivity contribution < 1.29 is 18.3 Å². The maximum Gasteiger partial charge on any atom is 0.339 e. The Morgan fingerprint density at radius 3 is 1.86 bits per heavy atom. The van der Waals surface area contributed by atoms with Crippen LogP contribution in [-0.4, -0.2) is 40.1 Å². The van der Waals surface area contributed by atoms with Crippen molar-refractivity contribution >= 4 is 21.7 Å². The molecule has 0 aromatic rings. The SMILES string of the molecule is CCCCOP(=O)(CC(=N[Si](C)(C)C)OCC)OCCCC. The number of nitrogens with zero attached hydrogens (tertiary/aromatic N) is 1. The van der Waals surface area contributed by atoms with Crippen LogP contribution >= 0.6 is 7.60 Å². The fourth-order valence-corrected chi connectivity index (χ4v) is 4.23. The molecule has 0 aromatic heterocycles. The summed E-state index contributed by atoms with van der Waals surface area (Å²) >= 11 is 0. The Balaban J connectivity index is 4.95. The normalized spacial score (nSPS) is 13.5. The molecule has 22 heavy (non-hydrogen) atoms. The zero-order valence-corrected chi connectivity index (χ0v) is 17.1. The Morgan fingerprint density at radius 1 is 1.00 bits per heavy atom. The van der Waals surface area contributed by atoms with Crippen LogP contribution in [0, 0.1) is 0 Å². The Labute approximate surface area is 137 Å². The van der Waals surface area contributed by atoms with Crippen molar-refractivity contribution in [3.8, 4) is 0 Å². The van der Waals surface area contributed by atoms with Crippen LogP contribution in [0.3, 0.4) is 0 Å². The Morgan fingerprint density at radius 2 is 1.50 bits per heavy atom. The maximum absolute atomic E-state index is 12.9. The summed E-state index contributed by atoms with van der Waals surface area (Å²) in [6.07, 6.45) is 3.87. The van der Waals surface area contributed by atoms with E-state index >= 15 is 0 Å². The minimum absolute atomic E-state index is 0.137. The molecular weight excluding hydrogens is 317 g/mol. The van der Waals surface area contributed by atoms with E-state index in [1.54, 1.807) is 0 Å². The number of hydrogen-bond donors (Lipinski definition) is 0. The molecule has 0 fully saturated rings. The van der Waals surface area contributed by atoms with Gasteiger partial charge in [0, 0.05) is 0 Å². The highest BCUT2D eigenvalue weighted by molar-refractivity contribution is 7.54. The second-order valence-corrected chi connectivity index (χ2v) is 12.9. The zero-order chi connectivity index (χ0) is 17.1. The highest BCUT2D eigenvalue weighted by Gasteiger charge is 2.29. The van der Waals surface area contributed by atoms with E-state index < -0.39 is 15.8 Å². The van der Waals surface area contributed by atoms with Crippen molar-refractivity contribution in [2.45, 2.75) is 66.1 Å². The number of ether oxygens (including phenoxy) is 1. The number of unbranched alkanes of at least 4 members (excludes halogenated alkanes) is 2. The lowest BCUT2D eigenvalue weighted by Gasteiger charge is -2.21. The molecule has 0 aliphatic rings. The van der Waals surface area contributed by atoms with E-state index in [2.05, 4.69) is 38.1 Å². The molecule has 0 N–H and O–H groups in total. The highest BCUT2D eigenvalue weighted by atomic mass is 31.2. The first-order valence-corrected chi connectivity index (χ1v) is 13.5. The second-order valence-electron chi connectivity index (χ2n) is 6.25. The molecule has 0 heterocycles. The summed E-state index contributed by atoms with van der Waals surface area (Å²) in [7, 11) is -4.89. The fourth-order valence-electron chi connectivity index (χ4n) is 1.64. The van der Waals surface area contributed by atoms with Crippen molar-refractivity contribution in [3.05, 3.63) is 0 Å². The summed E-state index contributed by atoms with van der Waals surface area (Å²) in [4.78, 5) is 0. The third-order valence-electron chi connectivity index (χ3n) is 2.67. The standard InChI is InChI=1S/C15H34NO4PSi/c1-7-10-12-19-21(17,20-13-11-8-2)14-15(18-9-3)16-22(4,5)6/h7-14H2,1-6H3. The molecule has 0 amide bonds. The largest absolute Gasteiger partial charge is 0.481 e. The minimum Gasteiger partial charge on any atom is -0.481 e. The van der Waals surface area contributed by atoms with Gasteiger partial charge < -0.3 is 13.8 Å². The average Bonchev–Trinajstić information content (AvgIpc) is 2.37. The number of hydrogen-bond acceptors (Lipinski definition) is 5. The van der Waals surface area contributed by atoms with Gasteiger partial charge in [0.15, 0.2) is 14.1 Å². The van der Waals surface area contributed by atoms with E-state index in [1.807, 2.05) is 6.92 Å². The van der Waals surface area contributed by atoms with E-state index in [4.69, 9.17) is 13.8 Å². The first-order valence-electron chi connectivity index (χ1n) is 8.36. The van der Waals surface area contributed by atoms with Crippen molar-refractivity contribution in [3.63, 3.8) is 0 Å². The zero-order valence-electron chi connectivity index (χ0n) is 15.2. The van der Waals surface area contributed by atoms with Gasteiger partial charge in [-0.05, 0) is 39.4 Å². The topological polar surface area (TPSA) is 57.1 Å². The van der Waals surface area contributed by atoms with E-state index in [-0.39, 0.29) is 6.16 Å². The molecule has 0 aliphatic heterocycles. The monoisotopic (exact) mass is 351 g/mol.